The van der Waals surface area contributed by atoms with Crippen LogP contribution in [0.15, 0.2) is 18.2 Å². The van der Waals surface area contributed by atoms with Crippen LogP contribution in [0.1, 0.15) is 5.56 Å². The lowest BCUT2D eigenvalue weighted by Crippen LogP contribution is -2.38. The summed E-state index contributed by atoms with van der Waals surface area (Å²) in [5.41, 5.74) is 0.831. The first kappa shape index (κ1) is 13.3. The number of carbonyl (C=O) groups excluding carboxylic acids is 1. The number of benzene rings is 1. The summed E-state index contributed by atoms with van der Waals surface area (Å²) in [7, 11) is 2.40. The van der Waals surface area contributed by atoms with Gasteiger partial charge in [-0.2, -0.15) is 13.2 Å². The number of hydrogen-bond donors (Lipinski definition) is 0. The fraction of sp³-hybridized carbons (Fsp3) is 0.364. The first-order valence-corrected chi connectivity index (χ1v) is 4.77. The Balaban J connectivity index is 3.15. The Kier molecular flexibility index (Phi) is 3.65. The monoisotopic (exact) mass is 247 g/mol. The topological polar surface area (TPSA) is 29.5 Å². The van der Waals surface area contributed by atoms with Crippen molar-refractivity contribution < 1.29 is 22.7 Å². The van der Waals surface area contributed by atoms with E-state index < -0.39 is 12.1 Å². The lowest BCUT2D eigenvalue weighted by molar-refractivity contribution is -0.170. The van der Waals surface area contributed by atoms with Gasteiger partial charge in [0.15, 0.2) is 0 Å². The van der Waals surface area contributed by atoms with Gasteiger partial charge in [0.1, 0.15) is 5.75 Å². The van der Waals surface area contributed by atoms with Crippen LogP contribution in [0.2, 0.25) is 0 Å². The maximum Gasteiger partial charge on any atom is 0.471 e. The molecule has 0 saturated heterocycles. The first-order chi connectivity index (χ1) is 7.77. The van der Waals surface area contributed by atoms with Gasteiger partial charge in [0.2, 0.25) is 0 Å². The summed E-state index contributed by atoms with van der Waals surface area (Å²) in [4.78, 5) is 11.6. The van der Waals surface area contributed by atoms with Crippen LogP contribution in [-0.4, -0.2) is 26.2 Å². The second-order valence-corrected chi connectivity index (χ2v) is 3.54. The van der Waals surface area contributed by atoms with Crippen LogP contribution in [0.4, 0.5) is 18.9 Å². The zero-order valence-corrected chi connectivity index (χ0v) is 9.63. The summed E-state index contributed by atoms with van der Waals surface area (Å²) >= 11 is 0. The summed E-state index contributed by atoms with van der Waals surface area (Å²) in [5.74, 6) is -1.71. The third kappa shape index (κ3) is 2.89. The zero-order valence-electron chi connectivity index (χ0n) is 9.63. The van der Waals surface area contributed by atoms with Gasteiger partial charge in [0, 0.05) is 7.05 Å². The molecule has 17 heavy (non-hydrogen) atoms. The Morgan fingerprint density at radius 2 is 1.94 bits per heavy atom. The molecule has 0 spiro atoms. The molecule has 0 atom stereocenters. The van der Waals surface area contributed by atoms with Crippen molar-refractivity contribution >= 4 is 11.6 Å². The van der Waals surface area contributed by atoms with Gasteiger partial charge in [0.25, 0.3) is 0 Å². The van der Waals surface area contributed by atoms with Crippen LogP contribution in [0, 0.1) is 6.92 Å². The van der Waals surface area contributed by atoms with E-state index in [1.165, 1.54) is 19.2 Å². The highest BCUT2D eigenvalue weighted by molar-refractivity contribution is 5.98. The van der Waals surface area contributed by atoms with E-state index >= 15 is 0 Å². The van der Waals surface area contributed by atoms with Crippen LogP contribution in [0.5, 0.6) is 5.75 Å². The van der Waals surface area contributed by atoms with Crippen molar-refractivity contribution in [3.63, 3.8) is 0 Å². The van der Waals surface area contributed by atoms with E-state index in [0.29, 0.717) is 4.90 Å². The molecular weight excluding hydrogens is 235 g/mol. The number of amides is 1. The number of ether oxygens (including phenoxy) is 1. The van der Waals surface area contributed by atoms with Crippen LogP contribution >= 0.6 is 0 Å². The van der Waals surface area contributed by atoms with Crippen LogP contribution in [-0.2, 0) is 4.79 Å². The standard InChI is InChI=1S/C11H12F3NO2/c1-7-4-5-9(17-3)8(6-7)15(2)10(16)11(12,13)14/h4-6H,1-3H3. The summed E-state index contributed by atoms with van der Waals surface area (Å²) < 4.78 is 41.8. The van der Waals surface area contributed by atoms with E-state index in [4.69, 9.17) is 4.74 Å². The smallest absolute Gasteiger partial charge is 0.471 e. The predicted octanol–water partition coefficient (Wildman–Crippen LogP) is 2.53. The number of methoxy groups -OCH3 is 1. The number of halogens is 3. The van der Waals surface area contributed by atoms with Gasteiger partial charge in [-0.3, -0.25) is 4.79 Å². The largest absolute Gasteiger partial charge is 0.495 e. The van der Waals surface area contributed by atoms with Crippen molar-refractivity contribution in [3.8, 4) is 5.75 Å². The quantitative estimate of drug-likeness (QED) is 0.803. The molecule has 1 aromatic rings. The van der Waals surface area contributed by atoms with Crippen LogP contribution in [0.3, 0.4) is 0 Å². The van der Waals surface area contributed by atoms with Gasteiger partial charge < -0.3 is 9.64 Å². The van der Waals surface area contributed by atoms with Crippen molar-refractivity contribution in [1.82, 2.24) is 0 Å². The van der Waals surface area contributed by atoms with E-state index in [-0.39, 0.29) is 11.4 Å². The van der Waals surface area contributed by atoms with Crippen molar-refractivity contribution in [2.24, 2.45) is 0 Å². The highest BCUT2D eigenvalue weighted by Crippen LogP contribution is 2.31. The molecule has 0 saturated carbocycles. The Bertz CT molecular complexity index is 429. The average molecular weight is 247 g/mol. The maximum atomic E-state index is 12.3. The van der Waals surface area contributed by atoms with E-state index in [0.717, 1.165) is 12.6 Å². The maximum absolute atomic E-state index is 12.3. The second-order valence-electron chi connectivity index (χ2n) is 3.54. The molecule has 0 fully saturated rings. The molecule has 0 aliphatic carbocycles. The molecule has 0 heterocycles. The highest BCUT2D eigenvalue weighted by atomic mass is 19.4. The van der Waals surface area contributed by atoms with Crippen molar-refractivity contribution in [1.29, 1.82) is 0 Å². The minimum atomic E-state index is -4.90. The van der Waals surface area contributed by atoms with Crippen LogP contribution in [0.25, 0.3) is 0 Å². The molecule has 3 nitrogen and oxygen atoms in total. The van der Waals surface area contributed by atoms with Gasteiger partial charge in [-0.15, -0.1) is 0 Å². The molecule has 94 valence electrons. The van der Waals surface area contributed by atoms with Crippen molar-refractivity contribution in [2.45, 2.75) is 13.1 Å². The second kappa shape index (κ2) is 4.65. The zero-order chi connectivity index (χ0) is 13.2. The molecule has 0 bridgehead atoms. The van der Waals surface area contributed by atoms with E-state index in [2.05, 4.69) is 0 Å². The van der Waals surface area contributed by atoms with Gasteiger partial charge in [-0.05, 0) is 24.6 Å². The molecule has 0 aromatic heterocycles. The van der Waals surface area contributed by atoms with E-state index in [1.807, 2.05) is 0 Å². The Morgan fingerprint density at radius 1 is 1.35 bits per heavy atom. The van der Waals surface area contributed by atoms with Gasteiger partial charge in [0.05, 0.1) is 12.8 Å². The minimum absolute atomic E-state index is 0.0924. The number of nitrogens with zero attached hydrogens (tertiary/aromatic N) is 1. The van der Waals surface area contributed by atoms with Gasteiger partial charge in [-0.25, -0.2) is 0 Å². The summed E-state index contributed by atoms with van der Waals surface area (Å²) in [6, 6.07) is 4.67. The lowest BCUT2D eigenvalue weighted by atomic mass is 10.2. The Morgan fingerprint density at radius 3 is 2.41 bits per heavy atom. The number of aryl methyl sites for hydroxylation is 1. The SMILES string of the molecule is COc1ccc(C)cc1N(C)C(=O)C(F)(F)F. The van der Waals surface area contributed by atoms with Crippen molar-refractivity contribution in [3.05, 3.63) is 23.8 Å². The molecule has 0 N–H and O–H groups in total. The molecular formula is C11H12F3NO2. The predicted molar refractivity (Wildman–Crippen MR) is 57.2 cm³/mol. The molecule has 6 heteroatoms. The molecule has 1 amide bonds. The fourth-order valence-corrected chi connectivity index (χ4v) is 1.36. The average Bonchev–Trinajstić information content (AvgIpc) is 2.25. The van der Waals surface area contributed by atoms with E-state index in [9.17, 15) is 18.0 Å². The Labute approximate surface area is 96.8 Å². The summed E-state index contributed by atoms with van der Waals surface area (Å²) in [6.07, 6.45) is -4.90. The number of carbonyl (C=O) groups is 1. The molecule has 1 rings (SSSR count). The van der Waals surface area contributed by atoms with Gasteiger partial charge in [-0.1, -0.05) is 6.07 Å². The lowest BCUT2D eigenvalue weighted by Gasteiger charge is -2.21. The number of anilines is 1. The summed E-state index contributed by atoms with van der Waals surface area (Å²) in [6.45, 7) is 1.72. The van der Waals surface area contributed by atoms with Crippen molar-refractivity contribution in [2.75, 3.05) is 19.1 Å². The highest BCUT2D eigenvalue weighted by Gasteiger charge is 2.42. The summed E-state index contributed by atoms with van der Waals surface area (Å²) in [5, 5.41) is 0. The molecule has 0 unspecified atom stereocenters. The fourth-order valence-electron chi connectivity index (χ4n) is 1.36. The third-order valence-corrected chi connectivity index (χ3v) is 2.24. The number of hydrogen-bond acceptors (Lipinski definition) is 2. The molecule has 1 aromatic carbocycles. The van der Waals surface area contributed by atoms with E-state index in [1.54, 1.807) is 13.0 Å². The van der Waals surface area contributed by atoms with Crippen LogP contribution < -0.4 is 9.64 Å². The number of rotatable bonds is 2. The third-order valence-electron chi connectivity index (χ3n) is 2.24. The molecule has 0 radical (unpaired) electrons. The Hall–Kier alpha value is -1.72. The normalized spacial score (nSPS) is 11.2. The van der Waals surface area contributed by atoms with Gasteiger partial charge >= 0.3 is 12.1 Å². The molecule has 0 aliphatic rings. The minimum Gasteiger partial charge on any atom is -0.495 e. The molecule has 0 aliphatic heterocycles. The number of alkyl halides is 3. The first-order valence-electron chi connectivity index (χ1n) is 4.77.